The molecule has 96 valence electrons. The molecule has 4 heteroatoms. The van der Waals surface area contributed by atoms with Gasteiger partial charge in [0, 0.05) is 32.0 Å². The van der Waals surface area contributed by atoms with Crippen LogP contribution in [0.1, 0.15) is 45.4 Å². The van der Waals surface area contributed by atoms with E-state index in [-0.39, 0.29) is 0 Å². The van der Waals surface area contributed by atoms with Gasteiger partial charge in [-0.2, -0.15) is 0 Å². The number of aliphatic imine (C=N–C) groups is 1. The second-order valence-electron chi connectivity index (χ2n) is 5.27. The average Bonchev–Trinajstić information content (AvgIpc) is 2.74. The minimum atomic E-state index is 0.458. The van der Waals surface area contributed by atoms with Gasteiger partial charge in [-0.1, -0.05) is 13.3 Å². The summed E-state index contributed by atoms with van der Waals surface area (Å²) in [6.07, 6.45) is 6.82. The van der Waals surface area contributed by atoms with Crippen LogP contribution in [0.4, 0.5) is 0 Å². The van der Waals surface area contributed by atoms with Gasteiger partial charge in [0.25, 0.3) is 0 Å². The summed E-state index contributed by atoms with van der Waals surface area (Å²) in [5, 5.41) is 14.6. The lowest BCUT2D eigenvalue weighted by atomic mass is 9.97. The molecule has 0 aromatic rings. The molecule has 0 aromatic heterocycles. The summed E-state index contributed by atoms with van der Waals surface area (Å²) in [6.45, 7) is 4.23. The Labute approximate surface area is 104 Å². The summed E-state index contributed by atoms with van der Waals surface area (Å²) in [5.74, 6) is 2.45. The van der Waals surface area contributed by atoms with Crippen molar-refractivity contribution in [1.29, 1.82) is 5.41 Å². The summed E-state index contributed by atoms with van der Waals surface area (Å²) in [5.41, 5.74) is 0. The normalized spacial score (nSPS) is 27.0. The Kier molecular flexibility index (Phi) is 4.40. The molecule has 2 rings (SSSR count). The minimum Gasteiger partial charge on any atom is -0.373 e. The van der Waals surface area contributed by atoms with E-state index < -0.39 is 0 Å². The summed E-state index contributed by atoms with van der Waals surface area (Å²) in [6, 6.07) is 0.458. The Morgan fingerprint density at radius 2 is 2.29 bits per heavy atom. The Morgan fingerprint density at radius 1 is 1.41 bits per heavy atom. The molecule has 0 radical (unpaired) electrons. The van der Waals surface area contributed by atoms with Crippen LogP contribution in [0, 0.1) is 11.3 Å². The quantitative estimate of drug-likeness (QED) is 0.701. The van der Waals surface area contributed by atoms with Crippen molar-refractivity contribution < 1.29 is 0 Å². The number of rotatable bonds is 3. The third-order valence-corrected chi connectivity index (χ3v) is 3.74. The van der Waals surface area contributed by atoms with Crippen molar-refractivity contribution >= 4 is 11.7 Å². The van der Waals surface area contributed by atoms with Gasteiger partial charge in [-0.3, -0.25) is 10.4 Å². The van der Waals surface area contributed by atoms with Crippen molar-refractivity contribution in [2.24, 2.45) is 10.9 Å². The second kappa shape index (κ2) is 6.03. The topological polar surface area (TPSA) is 60.3 Å². The molecule has 17 heavy (non-hydrogen) atoms. The van der Waals surface area contributed by atoms with E-state index in [0.29, 0.717) is 12.0 Å². The molecule has 2 atom stereocenters. The van der Waals surface area contributed by atoms with E-state index in [1.165, 1.54) is 25.1 Å². The fraction of sp³-hybridized carbons (Fsp3) is 0.846. The molecule has 0 spiro atoms. The number of nitrogens with zero attached hydrogens (tertiary/aromatic N) is 1. The third kappa shape index (κ3) is 3.72. The smallest absolute Gasteiger partial charge is 0.0963 e. The van der Waals surface area contributed by atoms with Gasteiger partial charge in [0.1, 0.15) is 0 Å². The zero-order chi connectivity index (χ0) is 12.1. The molecule has 0 aliphatic carbocycles. The van der Waals surface area contributed by atoms with Crippen LogP contribution in [-0.4, -0.2) is 30.8 Å². The summed E-state index contributed by atoms with van der Waals surface area (Å²) >= 11 is 0. The molecule has 1 saturated heterocycles. The van der Waals surface area contributed by atoms with Crippen LogP contribution in [-0.2, 0) is 0 Å². The predicted octanol–water partition coefficient (Wildman–Crippen LogP) is 1.91. The van der Waals surface area contributed by atoms with E-state index in [0.717, 1.165) is 38.2 Å². The standard InChI is InChI=1S/C13H24N4/c1-10(9-16-13-7-4-8-15-13)11-5-2-3-6-12(14)17-11/h10-11H,2-9H2,1H3,(H2,14,17)(H,15,16). The van der Waals surface area contributed by atoms with E-state index in [2.05, 4.69) is 22.5 Å². The number of nitrogens with one attached hydrogen (secondary N) is 3. The largest absolute Gasteiger partial charge is 0.373 e. The van der Waals surface area contributed by atoms with Crippen LogP contribution < -0.4 is 10.6 Å². The highest BCUT2D eigenvalue weighted by molar-refractivity contribution is 5.83. The van der Waals surface area contributed by atoms with Crippen LogP contribution in [0.15, 0.2) is 4.99 Å². The molecule has 1 fully saturated rings. The van der Waals surface area contributed by atoms with Gasteiger partial charge in [-0.05, 0) is 25.2 Å². The zero-order valence-electron chi connectivity index (χ0n) is 10.8. The maximum Gasteiger partial charge on any atom is 0.0963 e. The van der Waals surface area contributed by atoms with E-state index >= 15 is 0 Å². The molecule has 0 bridgehead atoms. The first kappa shape index (κ1) is 12.4. The van der Waals surface area contributed by atoms with Crippen molar-refractivity contribution in [3.8, 4) is 0 Å². The first-order valence-electron chi connectivity index (χ1n) is 6.87. The van der Waals surface area contributed by atoms with Gasteiger partial charge in [0.2, 0.25) is 0 Å². The minimum absolute atomic E-state index is 0.458. The van der Waals surface area contributed by atoms with Crippen molar-refractivity contribution in [3.63, 3.8) is 0 Å². The maximum atomic E-state index is 7.80. The molecule has 0 saturated carbocycles. The molecule has 4 nitrogen and oxygen atoms in total. The van der Waals surface area contributed by atoms with Gasteiger partial charge in [-0.15, -0.1) is 0 Å². The summed E-state index contributed by atoms with van der Waals surface area (Å²) in [4.78, 5) is 4.43. The fourth-order valence-corrected chi connectivity index (χ4v) is 2.57. The maximum absolute atomic E-state index is 7.80. The Hall–Kier alpha value is -1.06. The lowest BCUT2D eigenvalue weighted by Crippen LogP contribution is -2.42. The lowest BCUT2D eigenvalue weighted by Gasteiger charge is -2.25. The van der Waals surface area contributed by atoms with E-state index in [4.69, 9.17) is 5.41 Å². The molecule has 0 amide bonds. The third-order valence-electron chi connectivity index (χ3n) is 3.74. The molecule has 3 N–H and O–H groups in total. The number of hydrogen-bond donors (Lipinski definition) is 3. The summed E-state index contributed by atoms with van der Waals surface area (Å²) < 4.78 is 0. The highest BCUT2D eigenvalue weighted by Gasteiger charge is 2.20. The number of hydrogen-bond acceptors (Lipinski definition) is 3. The molecule has 2 aliphatic rings. The van der Waals surface area contributed by atoms with Crippen LogP contribution in [0.5, 0.6) is 0 Å². The molecule has 2 aliphatic heterocycles. The van der Waals surface area contributed by atoms with Gasteiger partial charge < -0.3 is 10.6 Å². The van der Waals surface area contributed by atoms with E-state index in [1.54, 1.807) is 0 Å². The van der Waals surface area contributed by atoms with Crippen molar-refractivity contribution in [2.45, 2.75) is 51.5 Å². The molecule has 2 unspecified atom stereocenters. The van der Waals surface area contributed by atoms with Crippen LogP contribution in [0.3, 0.4) is 0 Å². The summed E-state index contributed by atoms with van der Waals surface area (Å²) in [7, 11) is 0. The molecular formula is C13H24N4. The highest BCUT2D eigenvalue weighted by atomic mass is 15.0. The SMILES string of the molecule is CC(CNC1=NCCC1)C1CCCCC(=N)N1. The Balaban J connectivity index is 1.77. The number of amidine groups is 2. The Morgan fingerprint density at radius 3 is 3.06 bits per heavy atom. The zero-order valence-corrected chi connectivity index (χ0v) is 10.8. The Bertz CT molecular complexity index is 298. The van der Waals surface area contributed by atoms with Crippen molar-refractivity contribution in [3.05, 3.63) is 0 Å². The highest BCUT2D eigenvalue weighted by Crippen LogP contribution is 2.15. The van der Waals surface area contributed by atoms with E-state index in [9.17, 15) is 0 Å². The van der Waals surface area contributed by atoms with Gasteiger partial charge >= 0.3 is 0 Å². The molecular weight excluding hydrogens is 212 g/mol. The van der Waals surface area contributed by atoms with Crippen LogP contribution in [0.25, 0.3) is 0 Å². The fourth-order valence-electron chi connectivity index (χ4n) is 2.57. The van der Waals surface area contributed by atoms with Crippen LogP contribution in [0.2, 0.25) is 0 Å². The lowest BCUT2D eigenvalue weighted by molar-refractivity contribution is 0.394. The molecule has 0 aromatic carbocycles. The second-order valence-corrected chi connectivity index (χ2v) is 5.27. The average molecular weight is 236 g/mol. The first-order chi connectivity index (χ1) is 8.25. The van der Waals surface area contributed by atoms with Crippen LogP contribution >= 0.6 is 0 Å². The van der Waals surface area contributed by atoms with Gasteiger partial charge in [0.05, 0.1) is 11.7 Å². The van der Waals surface area contributed by atoms with Crippen molar-refractivity contribution in [2.75, 3.05) is 13.1 Å². The monoisotopic (exact) mass is 236 g/mol. The van der Waals surface area contributed by atoms with E-state index in [1.807, 2.05) is 0 Å². The van der Waals surface area contributed by atoms with Gasteiger partial charge in [-0.25, -0.2) is 0 Å². The predicted molar refractivity (Wildman–Crippen MR) is 71.8 cm³/mol. The van der Waals surface area contributed by atoms with Gasteiger partial charge in [0.15, 0.2) is 0 Å². The first-order valence-corrected chi connectivity index (χ1v) is 6.87. The van der Waals surface area contributed by atoms with Crippen molar-refractivity contribution in [1.82, 2.24) is 10.6 Å². The molecule has 2 heterocycles.